The minimum atomic E-state index is -3.78. The van der Waals surface area contributed by atoms with E-state index < -0.39 is 7.60 Å². The first-order chi connectivity index (χ1) is 9.41. The van der Waals surface area contributed by atoms with Crippen molar-refractivity contribution in [3.8, 4) is 0 Å². The Kier molecular flexibility index (Phi) is 23.6. The fraction of sp³-hybridized carbons (Fsp3) is 0.938. The van der Waals surface area contributed by atoms with Gasteiger partial charge in [0.2, 0.25) is 0 Å². The van der Waals surface area contributed by atoms with Crippen LogP contribution in [0.3, 0.4) is 0 Å². The smallest absolute Gasteiger partial charge is 0.325 e. The van der Waals surface area contributed by atoms with Crippen molar-refractivity contribution in [2.24, 2.45) is 5.92 Å². The van der Waals surface area contributed by atoms with E-state index in [2.05, 4.69) is 27.2 Å². The van der Waals surface area contributed by atoms with E-state index in [0.29, 0.717) is 0 Å². The van der Waals surface area contributed by atoms with E-state index >= 15 is 0 Å². The Morgan fingerprint density at radius 1 is 1.00 bits per heavy atom. The molecule has 0 fully saturated rings. The molecule has 1 atom stereocenters. The summed E-state index contributed by atoms with van der Waals surface area (Å²) < 4.78 is 10.7. The molecule has 3 nitrogen and oxygen atoms in total. The fourth-order valence-corrected chi connectivity index (χ4v) is 3.14. The van der Waals surface area contributed by atoms with Crippen LogP contribution < -0.4 is 0 Å². The van der Waals surface area contributed by atoms with Crippen LogP contribution in [-0.4, -0.2) is 15.9 Å². The molecule has 0 aromatic rings. The zero-order chi connectivity index (χ0) is 15.9. The topological polar surface area (TPSA) is 57.5 Å². The van der Waals surface area contributed by atoms with Crippen LogP contribution in [0, 0.1) is 12.3 Å². The Balaban J connectivity index is -0.000000317. The second-order valence-electron chi connectivity index (χ2n) is 5.52. The first-order valence-corrected chi connectivity index (χ1v) is 10.0. The summed E-state index contributed by atoms with van der Waals surface area (Å²) in [6, 6.07) is 0. The first kappa shape index (κ1) is 26.5. The molecule has 5 heteroatoms. The SMILES string of the molecule is CCCCC(CC)CP(=O)(O)O.C[CH-]CCCCCC.[Ni]. The van der Waals surface area contributed by atoms with Crippen molar-refractivity contribution in [1.82, 2.24) is 0 Å². The Labute approximate surface area is 142 Å². The quantitative estimate of drug-likeness (QED) is 0.218. The molecule has 0 aliphatic carbocycles. The molecule has 0 bridgehead atoms. The third-order valence-electron chi connectivity index (χ3n) is 3.39. The van der Waals surface area contributed by atoms with Gasteiger partial charge in [-0.2, -0.15) is 13.3 Å². The van der Waals surface area contributed by atoms with Gasteiger partial charge in [0.25, 0.3) is 0 Å². The second-order valence-corrected chi connectivity index (χ2v) is 7.22. The van der Waals surface area contributed by atoms with Gasteiger partial charge in [0.15, 0.2) is 0 Å². The molecule has 0 saturated carbocycles. The van der Waals surface area contributed by atoms with Crippen molar-refractivity contribution in [1.29, 1.82) is 0 Å². The van der Waals surface area contributed by atoms with Crippen LogP contribution in [-0.2, 0) is 21.1 Å². The van der Waals surface area contributed by atoms with Gasteiger partial charge in [-0.1, -0.05) is 65.7 Å². The van der Waals surface area contributed by atoms with Gasteiger partial charge in [-0.25, -0.2) is 0 Å². The van der Waals surface area contributed by atoms with Crippen molar-refractivity contribution in [3.63, 3.8) is 0 Å². The molecule has 134 valence electrons. The number of rotatable bonds is 11. The molecule has 21 heavy (non-hydrogen) atoms. The van der Waals surface area contributed by atoms with Crippen LogP contribution in [0.2, 0.25) is 0 Å². The maximum Gasteiger partial charge on any atom is 0.325 e. The molecule has 0 heterocycles. The normalized spacial score (nSPS) is 12.1. The van der Waals surface area contributed by atoms with Gasteiger partial charge in [-0.3, -0.25) is 4.57 Å². The second kappa shape index (κ2) is 18.7. The summed E-state index contributed by atoms with van der Waals surface area (Å²) in [6.07, 6.45) is 13.2. The third-order valence-corrected chi connectivity index (χ3v) is 4.38. The van der Waals surface area contributed by atoms with Gasteiger partial charge in [0.1, 0.15) is 0 Å². The minimum absolute atomic E-state index is 0. The molecular formula is C16H36NiO3P-. The molecule has 0 aliphatic heterocycles. The molecular weight excluding hydrogens is 330 g/mol. The minimum Gasteiger partial charge on any atom is -0.332 e. The van der Waals surface area contributed by atoms with Crippen LogP contribution in [0.15, 0.2) is 0 Å². The van der Waals surface area contributed by atoms with Gasteiger partial charge in [0, 0.05) is 16.5 Å². The average Bonchev–Trinajstić information content (AvgIpc) is 2.39. The van der Waals surface area contributed by atoms with Gasteiger partial charge >= 0.3 is 7.60 Å². The standard InChI is InChI=1S/C8H19O3P.C8H17.Ni/c1-3-5-6-8(4-2)7-12(9,10)11;1-3-5-7-8-6-4-2;/h8H,3-7H2,1-2H3,(H2,9,10,11);3H,4-8H2,1-2H3;/q;-1;. The van der Waals surface area contributed by atoms with Crippen molar-refractivity contribution < 1.29 is 30.8 Å². The van der Waals surface area contributed by atoms with E-state index in [1.165, 1.54) is 32.1 Å². The third kappa shape index (κ3) is 25.9. The van der Waals surface area contributed by atoms with E-state index in [0.717, 1.165) is 25.7 Å². The van der Waals surface area contributed by atoms with Crippen LogP contribution in [0.4, 0.5) is 0 Å². The summed E-state index contributed by atoms with van der Waals surface area (Å²) in [5, 5.41) is 0. The molecule has 0 aliphatic rings. The van der Waals surface area contributed by atoms with Gasteiger partial charge < -0.3 is 16.2 Å². The van der Waals surface area contributed by atoms with Crippen LogP contribution in [0.5, 0.6) is 0 Å². The summed E-state index contributed by atoms with van der Waals surface area (Å²) in [4.78, 5) is 17.5. The number of unbranched alkanes of at least 4 members (excludes halogenated alkanes) is 6. The zero-order valence-electron chi connectivity index (χ0n) is 14.3. The number of hydrogen-bond acceptors (Lipinski definition) is 1. The van der Waals surface area contributed by atoms with Crippen molar-refractivity contribution >= 4 is 7.60 Å². The molecule has 2 N–H and O–H groups in total. The summed E-state index contributed by atoms with van der Waals surface area (Å²) in [5.41, 5.74) is 0. The predicted octanol–water partition coefficient (Wildman–Crippen LogP) is 5.56. The van der Waals surface area contributed by atoms with E-state index in [1.807, 2.05) is 6.92 Å². The Bertz CT molecular complexity index is 226. The molecule has 0 spiro atoms. The van der Waals surface area contributed by atoms with E-state index in [-0.39, 0.29) is 28.6 Å². The molecule has 0 aromatic carbocycles. The van der Waals surface area contributed by atoms with Crippen LogP contribution in [0.25, 0.3) is 0 Å². The monoisotopic (exact) mass is 365 g/mol. The van der Waals surface area contributed by atoms with Crippen molar-refractivity contribution in [2.75, 3.05) is 6.16 Å². The van der Waals surface area contributed by atoms with Crippen LogP contribution >= 0.6 is 7.60 Å². The van der Waals surface area contributed by atoms with E-state index in [1.54, 1.807) is 0 Å². The molecule has 0 saturated heterocycles. The maximum atomic E-state index is 10.7. The van der Waals surface area contributed by atoms with Gasteiger partial charge in [-0.05, 0) is 12.3 Å². The van der Waals surface area contributed by atoms with Gasteiger partial charge in [-0.15, -0.1) is 0 Å². The van der Waals surface area contributed by atoms with Crippen LogP contribution in [0.1, 0.15) is 85.5 Å². The average molecular weight is 366 g/mol. The fourth-order valence-electron chi connectivity index (χ4n) is 2.03. The van der Waals surface area contributed by atoms with Crippen molar-refractivity contribution in [2.45, 2.75) is 85.5 Å². The summed E-state index contributed by atoms with van der Waals surface area (Å²) >= 11 is 0. The largest absolute Gasteiger partial charge is 0.332 e. The van der Waals surface area contributed by atoms with Crippen molar-refractivity contribution in [3.05, 3.63) is 6.42 Å². The predicted molar refractivity (Wildman–Crippen MR) is 89.0 cm³/mol. The van der Waals surface area contributed by atoms with Gasteiger partial charge in [0.05, 0.1) is 6.16 Å². The molecule has 1 unspecified atom stereocenters. The first-order valence-electron chi connectivity index (χ1n) is 8.23. The Morgan fingerprint density at radius 2 is 1.57 bits per heavy atom. The summed E-state index contributed by atoms with van der Waals surface area (Å²) in [7, 11) is -3.78. The molecule has 0 radical (unpaired) electrons. The Hall–Kier alpha value is 0.644. The van der Waals surface area contributed by atoms with E-state index in [4.69, 9.17) is 9.79 Å². The Morgan fingerprint density at radius 3 is 1.95 bits per heavy atom. The number of hydrogen-bond donors (Lipinski definition) is 2. The molecule has 0 amide bonds. The molecule has 0 rings (SSSR count). The van der Waals surface area contributed by atoms with E-state index in [9.17, 15) is 4.57 Å². The molecule has 0 aromatic heterocycles. The summed E-state index contributed by atoms with van der Waals surface area (Å²) in [6.45, 7) is 8.45. The maximum absolute atomic E-state index is 10.7. The zero-order valence-corrected chi connectivity index (χ0v) is 16.2. The summed E-state index contributed by atoms with van der Waals surface area (Å²) in [5.74, 6) is 0.200.